The summed E-state index contributed by atoms with van der Waals surface area (Å²) in [6, 6.07) is 0. The second-order valence-corrected chi connectivity index (χ2v) is 8.44. The van der Waals surface area contributed by atoms with Crippen molar-refractivity contribution in [3.05, 3.63) is 0 Å². The molecule has 0 aromatic carbocycles. The van der Waals surface area contributed by atoms with Crippen LogP contribution in [0.5, 0.6) is 0 Å². The summed E-state index contributed by atoms with van der Waals surface area (Å²) in [7, 11) is 0. The minimum absolute atomic E-state index is 0.165. The number of aliphatic carboxylic acids is 1. The molecule has 0 aliphatic carbocycles. The van der Waals surface area contributed by atoms with Gasteiger partial charge in [0.2, 0.25) is 0 Å². The fraction of sp³-hybridized carbons (Fsp3) is 0.889. The number of nitrogens with one attached hydrogen (secondary N) is 1. The molecule has 0 atom stereocenters. The van der Waals surface area contributed by atoms with E-state index in [0.717, 1.165) is 45.6 Å². The predicted octanol–water partition coefficient (Wildman–Crippen LogP) is 1.77. The SMILES string of the molecule is CC(C)(C)OC(=O)NCCN1CCC2(CC1)CCN(CC(=O)O)CC2. The molecule has 2 rings (SSSR count). The Labute approximate surface area is 150 Å². The zero-order valence-electron chi connectivity index (χ0n) is 15.8. The molecular weight excluding hydrogens is 322 g/mol. The molecule has 7 heteroatoms. The van der Waals surface area contributed by atoms with Gasteiger partial charge in [-0.1, -0.05) is 0 Å². The molecule has 25 heavy (non-hydrogen) atoms. The summed E-state index contributed by atoms with van der Waals surface area (Å²) in [6.07, 6.45) is 4.18. The highest BCUT2D eigenvalue weighted by Gasteiger charge is 2.37. The number of carboxylic acids is 1. The molecule has 1 spiro atoms. The van der Waals surface area contributed by atoms with Crippen molar-refractivity contribution >= 4 is 12.1 Å². The summed E-state index contributed by atoms with van der Waals surface area (Å²) in [6.45, 7) is 11.1. The molecule has 7 nitrogen and oxygen atoms in total. The van der Waals surface area contributed by atoms with Gasteiger partial charge in [0.1, 0.15) is 5.60 Å². The first kappa shape index (κ1) is 20.0. The third kappa shape index (κ3) is 6.82. The lowest BCUT2D eigenvalue weighted by atomic mass is 9.71. The van der Waals surface area contributed by atoms with Gasteiger partial charge in [-0.25, -0.2) is 4.79 Å². The minimum Gasteiger partial charge on any atom is -0.480 e. The fourth-order valence-electron chi connectivity index (χ4n) is 3.76. The van der Waals surface area contributed by atoms with Crippen LogP contribution in [0.3, 0.4) is 0 Å². The van der Waals surface area contributed by atoms with Crippen LogP contribution in [0.15, 0.2) is 0 Å². The Hall–Kier alpha value is -1.34. The maximum atomic E-state index is 11.7. The van der Waals surface area contributed by atoms with Crippen molar-refractivity contribution in [1.82, 2.24) is 15.1 Å². The summed E-state index contributed by atoms with van der Waals surface area (Å²) in [5.74, 6) is -0.733. The summed E-state index contributed by atoms with van der Waals surface area (Å²) < 4.78 is 5.24. The average Bonchev–Trinajstić information content (AvgIpc) is 2.50. The maximum absolute atomic E-state index is 11.7. The van der Waals surface area contributed by atoms with E-state index in [0.29, 0.717) is 12.0 Å². The van der Waals surface area contributed by atoms with Crippen molar-refractivity contribution in [3.8, 4) is 0 Å². The topological polar surface area (TPSA) is 82.1 Å². The summed E-state index contributed by atoms with van der Waals surface area (Å²) in [4.78, 5) is 26.9. The maximum Gasteiger partial charge on any atom is 0.407 e. The first-order valence-corrected chi connectivity index (χ1v) is 9.31. The van der Waals surface area contributed by atoms with Crippen LogP contribution in [0.2, 0.25) is 0 Å². The normalized spacial score (nSPS) is 21.9. The summed E-state index contributed by atoms with van der Waals surface area (Å²) >= 11 is 0. The third-order valence-electron chi connectivity index (χ3n) is 5.29. The highest BCUT2D eigenvalue weighted by atomic mass is 16.6. The molecule has 2 N–H and O–H groups in total. The number of amides is 1. The Morgan fingerprint density at radius 1 is 1.04 bits per heavy atom. The fourth-order valence-corrected chi connectivity index (χ4v) is 3.76. The number of hydrogen-bond donors (Lipinski definition) is 2. The van der Waals surface area contributed by atoms with Gasteiger partial charge in [-0.05, 0) is 78.0 Å². The predicted molar refractivity (Wildman–Crippen MR) is 95.7 cm³/mol. The Kier molecular flexibility index (Phi) is 6.68. The molecule has 2 fully saturated rings. The van der Waals surface area contributed by atoms with Crippen molar-refractivity contribution in [3.63, 3.8) is 0 Å². The molecule has 0 bridgehead atoms. The van der Waals surface area contributed by atoms with Crippen molar-refractivity contribution in [1.29, 1.82) is 0 Å². The number of carbonyl (C=O) groups excluding carboxylic acids is 1. The number of nitrogens with zero attached hydrogens (tertiary/aromatic N) is 2. The number of piperidine rings is 2. The highest BCUT2D eigenvalue weighted by Crippen LogP contribution is 2.41. The standard InChI is InChI=1S/C18H33N3O4/c1-17(2,3)25-16(24)19-8-13-20-9-4-18(5-10-20)6-11-21(12-7-18)14-15(22)23/h4-14H2,1-3H3,(H,19,24)(H,22,23). The Morgan fingerprint density at radius 2 is 1.56 bits per heavy atom. The number of rotatable bonds is 5. The molecule has 2 saturated heterocycles. The Morgan fingerprint density at radius 3 is 2.04 bits per heavy atom. The lowest BCUT2D eigenvalue weighted by Crippen LogP contribution is -2.48. The molecule has 0 aromatic heterocycles. The highest BCUT2D eigenvalue weighted by molar-refractivity contribution is 5.69. The minimum atomic E-state index is -0.733. The molecular formula is C18H33N3O4. The van der Waals surface area contributed by atoms with E-state index < -0.39 is 11.6 Å². The second-order valence-electron chi connectivity index (χ2n) is 8.44. The number of ether oxygens (including phenoxy) is 1. The van der Waals surface area contributed by atoms with Gasteiger partial charge >= 0.3 is 12.1 Å². The van der Waals surface area contributed by atoms with Crippen LogP contribution in [0.1, 0.15) is 46.5 Å². The molecule has 144 valence electrons. The van der Waals surface area contributed by atoms with E-state index in [4.69, 9.17) is 9.84 Å². The van der Waals surface area contributed by atoms with Crippen LogP contribution in [-0.2, 0) is 9.53 Å². The number of hydrogen-bond acceptors (Lipinski definition) is 5. The summed E-state index contributed by atoms with van der Waals surface area (Å²) in [5, 5.41) is 11.7. The van der Waals surface area contributed by atoms with Crippen LogP contribution in [0.4, 0.5) is 4.79 Å². The molecule has 2 heterocycles. The Bertz CT molecular complexity index is 457. The lowest BCUT2D eigenvalue weighted by Gasteiger charge is -2.46. The van der Waals surface area contributed by atoms with E-state index in [-0.39, 0.29) is 12.6 Å². The third-order valence-corrected chi connectivity index (χ3v) is 5.29. The van der Waals surface area contributed by atoms with E-state index in [1.807, 2.05) is 25.7 Å². The van der Waals surface area contributed by atoms with Gasteiger partial charge in [0.25, 0.3) is 0 Å². The van der Waals surface area contributed by atoms with Gasteiger partial charge in [-0.2, -0.15) is 0 Å². The van der Waals surface area contributed by atoms with E-state index in [2.05, 4.69) is 10.2 Å². The van der Waals surface area contributed by atoms with E-state index in [9.17, 15) is 9.59 Å². The molecule has 0 radical (unpaired) electrons. The quantitative estimate of drug-likeness (QED) is 0.782. The van der Waals surface area contributed by atoms with Crippen LogP contribution in [0.25, 0.3) is 0 Å². The van der Waals surface area contributed by atoms with Crippen molar-refractivity contribution in [2.24, 2.45) is 5.41 Å². The number of carbonyl (C=O) groups is 2. The van der Waals surface area contributed by atoms with Crippen LogP contribution in [0, 0.1) is 5.41 Å². The first-order chi connectivity index (χ1) is 11.7. The average molecular weight is 355 g/mol. The molecule has 1 amide bonds. The van der Waals surface area contributed by atoms with Crippen molar-refractivity contribution in [2.75, 3.05) is 45.8 Å². The molecule has 2 aliphatic rings. The zero-order chi connectivity index (χ0) is 18.5. The number of carboxylic acid groups (broad SMARTS) is 1. The number of alkyl carbamates (subject to hydrolysis) is 1. The van der Waals surface area contributed by atoms with E-state index >= 15 is 0 Å². The molecule has 0 unspecified atom stereocenters. The smallest absolute Gasteiger partial charge is 0.407 e. The van der Waals surface area contributed by atoms with Crippen LogP contribution in [-0.4, -0.2) is 78.4 Å². The van der Waals surface area contributed by atoms with Crippen LogP contribution >= 0.6 is 0 Å². The van der Waals surface area contributed by atoms with Gasteiger partial charge in [-0.15, -0.1) is 0 Å². The molecule has 2 aliphatic heterocycles. The largest absolute Gasteiger partial charge is 0.480 e. The van der Waals surface area contributed by atoms with Crippen molar-refractivity contribution < 1.29 is 19.4 Å². The van der Waals surface area contributed by atoms with Gasteiger partial charge in [0, 0.05) is 13.1 Å². The summed E-state index contributed by atoms with van der Waals surface area (Å²) in [5.41, 5.74) is -0.0683. The monoisotopic (exact) mass is 355 g/mol. The van der Waals surface area contributed by atoms with E-state index in [1.54, 1.807) is 0 Å². The lowest BCUT2D eigenvalue weighted by molar-refractivity contribution is -0.139. The van der Waals surface area contributed by atoms with Crippen molar-refractivity contribution in [2.45, 2.75) is 52.1 Å². The zero-order valence-corrected chi connectivity index (χ0v) is 15.8. The Balaban J connectivity index is 1.63. The van der Waals surface area contributed by atoms with Gasteiger partial charge in [0.05, 0.1) is 6.54 Å². The molecule has 0 aromatic rings. The molecule has 0 saturated carbocycles. The van der Waals surface area contributed by atoms with Gasteiger partial charge in [0.15, 0.2) is 0 Å². The van der Waals surface area contributed by atoms with E-state index in [1.165, 1.54) is 12.8 Å². The van der Waals surface area contributed by atoms with Gasteiger partial charge in [-0.3, -0.25) is 9.69 Å². The number of likely N-dealkylation sites (tertiary alicyclic amines) is 2. The van der Waals surface area contributed by atoms with Crippen LogP contribution < -0.4 is 5.32 Å². The first-order valence-electron chi connectivity index (χ1n) is 9.31. The second kappa shape index (κ2) is 8.36. The van der Waals surface area contributed by atoms with Gasteiger partial charge < -0.3 is 20.1 Å².